The number of rotatable bonds is 4. The van der Waals surface area contributed by atoms with Gasteiger partial charge in [-0.2, -0.15) is 0 Å². The Balaban J connectivity index is 1.59. The van der Waals surface area contributed by atoms with Crippen LogP contribution in [0.15, 0.2) is 0 Å². The molecule has 0 unspecified atom stereocenters. The molecule has 0 atom stereocenters. The highest BCUT2D eigenvalue weighted by atomic mass is 16.6. The van der Waals surface area contributed by atoms with E-state index in [1.54, 1.807) is 4.90 Å². The molecule has 2 saturated heterocycles. The number of carbonyl (C=O) groups is 1. The van der Waals surface area contributed by atoms with Crippen LogP contribution in [-0.2, 0) is 9.47 Å². The average molecular weight is 214 g/mol. The Morgan fingerprint density at radius 1 is 1.47 bits per heavy atom. The second kappa shape index (κ2) is 5.32. The molecule has 5 nitrogen and oxygen atoms in total. The molecule has 1 amide bonds. The van der Waals surface area contributed by atoms with Gasteiger partial charge in [-0.15, -0.1) is 0 Å². The number of nitrogens with one attached hydrogen (secondary N) is 1. The lowest BCUT2D eigenvalue weighted by molar-refractivity contribution is 0.0253. The van der Waals surface area contributed by atoms with Crippen molar-refractivity contribution >= 4 is 6.09 Å². The molecule has 15 heavy (non-hydrogen) atoms. The van der Waals surface area contributed by atoms with Gasteiger partial charge in [0.25, 0.3) is 0 Å². The van der Waals surface area contributed by atoms with E-state index in [1.165, 1.54) is 0 Å². The van der Waals surface area contributed by atoms with Crippen LogP contribution in [0, 0.1) is 0 Å². The smallest absolute Gasteiger partial charge is 0.410 e. The van der Waals surface area contributed by atoms with E-state index in [4.69, 9.17) is 9.47 Å². The van der Waals surface area contributed by atoms with Crippen molar-refractivity contribution in [2.24, 2.45) is 0 Å². The highest BCUT2D eigenvalue weighted by Crippen LogP contribution is 2.08. The summed E-state index contributed by atoms with van der Waals surface area (Å²) < 4.78 is 10.5. The first-order valence-electron chi connectivity index (χ1n) is 5.60. The van der Waals surface area contributed by atoms with E-state index in [2.05, 4.69) is 5.32 Å². The van der Waals surface area contributed by atoms with Crippen LogP contribution in [0.5, 0.6) is 0 Å². The van der Waals surface area contributed by atoms with Gasteiger partial charge in [-0.25, -0.2) is 4.79 Å². The lowest BCUT2D eigenvalue weighted by Gasteiger charge is -2.23. The average Bonchev–Trinajstić information content (AvgIpc) is 2.66. The fraction of sp³-hybridized carbons (Fsp3) is 0.900. The summed E-state index contributed by atoms with van der Waals surface area (Å²) in [5.74, 6) is 0. The van der Waals surface area contributed by atoms with Gasteiger partial charge in [0, 0.05) is 6.54 Å². The second-order valence-electron chi connectivity index (χ2n) is 3.92. The molecule has 2 rings (SSSR count). The first kappa shape index (κ1) is 10.7. The van der Waals surface area contributed by atoms with Gasteiger partial charge in [-0.1, -0.05) is 0 Å². The van der Waals surface area contributed by atoms with E-state index in [0.717, 1.165) is 25.9 Å². The monoisotopic (exact) mass is 214 g/mol. The van der Waals surface area contributed by atoms with Crippen LogP contribution < -0.4 is 5.32 Å². The number of piperidine rings is 1. The molecule has 0 aliphatic carbocycles. The standard InChI is InChI=1S/C10H18N2O3/c13-10-12(6-8-15-10)5-7-14-9-1-3-11-4-2-9/h9,11H,1-8H2. The first-order valence-corrected chi connectivity index (χ1v) is 5.60. The van der Waals surface area contributed by atoms with Gasteiger partial charge in [-0.05, 0) is 25.9 Å². The molecule has 2 aliphatic rings. The molecule has 1 N–H and O–H groups in total. The van der Waals surface area contributed by atoms with E-state index in [0.29, 0.717) is 32.4 Å². The predicted molar refractivity (Wildman–Crippen MR) is 54.8 cm³/mol. The van der Waals surface area contributed by atoms with E-state index >= 15 is 0 Å². The predicted octanol–water partition coefficient (Wildman–Crippen LogP) is 0.207. The minimum absolute atomic E-state index is 0.205. The minimum Gasteiger partial charge on any atom is -0.448 e. The molecule has 2 fully saturated rings. The Hall–Kier alpha value is -0.810. The van der Waals surface area contributed by atoms with Gasteiger partial charge in [0.2, 0.25) is 0 Å². The molecular weight excluding hydrogens is 196 g/mol. The molecule has 0 aromatic rings. The molecule has 2 heterocycles. The van der Waals surface area contributed by atoms with Crippen molar-refractivity contribution in [1.29, 1.82) is 0 Å². The summed E-state index contributed by atoms with van der Waals surface area (Å²) in [7, 11) is 0. The highest BCUT2D eigenvalue weighted by Gasteiger charge is 2.21. The second-order valence-corrected chi connectivity index (χ2v) is 3.92. The topological polar surface area (TPSA) is 50.8 Å². The third-order valence-corrected chi connectivity index (χ3v) is 2.85. The zero-order valence-corrected chi connectivity index (χ0v) is 8.91. The Bertz CT molecular complexity index is 217. The van der Waals surface area contributed by atoms with Gasteiger partial charge in [0.05, 0.1) is 19.3 Å². The number of amides is 1. The van der Waals surface area contributed by atoms with Gasteiger partial charge >= 0.3 is 6.09 Å². The number of ether oxygens (including phenoxy) is 2. The summed E-state index contributed by atoms with van der Waals surface area (Å²) in [4.78, 5) is 12.8. The Morgan fingerprint density at radius 3 is 2.93 bits per heavy atom. The summed E-state index contributed by atoms with van der Waals surface area (Å²) in [6.07, 6.45) is 2.31. The molecule has 0 radical (unpaired) electrons. The molecule has 0 aromatic heterocycles. The number of nitrogens with zero attached hydrogens (tertiary/aromatic N) is 1. The van der Waals surface area contributed by atoms with Crippen LogP contribution in [0.1, 0.15) is 12.8 Å². The minimum atomic E-state index is -0.205. The molecule has 5 heteroatoms. The molecule has 0 spiro atoms. The van der Waals surface area contributed by atoms with Crippen LogP contribution in [0.4, 0.5) is 4.79 Å². The normalized spacial score (nSPS) is 23.2. The van der Waals surface area contributed by atoms with Crippen LogP contribution in [0.3, 0.4) is 0 Å². The first-order chi connectivity index (χ1) is 7.36. The molecule has 2 aliphatic heterocycles. The quantitative estimate of drug-likeness (QED) is 0.726. The number of hydrogen-bond acceptors (Lipinski definition) is 4. The third kappa shape index (κ3) is 3.07. The van der Waals surface area contributed by atoms with Gasteiger partial charge < -0.3 is 19.7 Å². The Labute approximate surface area is 89.7 Å². The Morgan fingerprint density at radius 2 is 2.27 bits per heavy atom. The SMILES string of the molecule is O=C1OCCN1CCOC1CCNCC1. The maximum absolute atomic E-state index is 11.1. The zero-order chi connectivity index (χ0) is 10.5. The van der Waals surface area contributed by atoms with Crippen molar-refractivity contribution in [3.8, 4) is 0 Å². The van der Waals surface area contributed by atoms with E-state index in [9.17, 15) is 4.79 Å². The van der Waals surface area contributed by atoms with Gasteiger partial charge in [0.15, 0.2) is 0 Å². The van der Waals surface area contributed by atoms with Crippen LogP contribution in [0.25, 0.3) is 0 Å². The lowest BCUT2D eigenvalue weighted by atomic mass is 10.1. The fourth-order valence-electron chi connectivity index (χ4n) is 1.92. The maximum atomic E-state index is 11.1. The number of cyclic esters (lactones) is 1. The van der Waals surface area contributed by atoms with E-state index in [-0.39, 0.29) is 6.09 Å². The number of carbonyl (C=O) groups excluding carboxylic acids is 1. The maximum Gasteiger partial charge on any atom is 0.410 e. The molecule has 0 bridgehead atoms. The van der Waals surface area contributed by atoms with Crippen molar-refractivity contribution in [3.05, 3.63) is 0 Å². The van der Waals surface area contributed by atoms with E-state index in [1.807, 2.05) is 0 Å². The summed E-state index contributed by atoms with van der Waals surface area (Å²) in [5, 5.41) is 3.29. The van der Waals surface area contributed by atoms with Crippen LogP contribution in [-0.4, -0.2) is 56.5 Å². The third-order valence-electron chi connectivity index (χ3n) is 2.85. The molecule has 0 aromatic carbocycles. The van der Waals surface area contributed by atoms with Gasteiger partial charge in [0.1, 0.15) is 6.61 Å². The van der Waals surface area contributed by atoms with Crippen LogP contribution in [0.2, 0.25) is 0 Å². The largest absolute Gasteiger partial charge is 0.448 e. The van der Waals surface area contributed by atoms with Gasteiger partial charge in [-0.3, -0.25) is 0 Å². The fourth-order valence-corrected chi connectivity index (χ4v) is 1.92. The molecular formula is C10H18N2O3. The molecule has 0 saturated carbocycles. The summed E-state index contributed by atoms with van der Waals surface area (Å²) in [6.45, 7) is 4.58. The number of hydrogen-bond donors (Lipinski definition) is 1. The highest BCUT2D eigenvalue weighted by molar-refractivity contribution is 5.69. The lowest BCUT2D eigenvalue weighted by Crippen LogP contribution is -2.35. The van der Waals surface area contributed by atoms with Crippen molar-refractivity contribution in [2.45, 2.75) is 18.9 Å². The summed E-state index contributed by atoms with van der Waals surface area (Å²) in [5.41, 5.74) is 0. The summed E-state index contributed by atoms with van der Waals surface area (Å²) >= 11 is 0. The zero-order valence-electron chi connectivity index (χ0n) is 8.91. The van der Waals surface area contributed by atoms with Crippen molar-refractivity contribution in [2.75, 3.05) is 39.4 Å². The molecule has 86 valence electrons. The van der Waals surface area contributed by atoms with Crippen LogP contribution >= 0.6 is 0 Å². The Kier molecular flexibility index (Phi) is 3.80. The van der Waals surface area contributed by atoms with E-state index < -0.39 is 0 Å². The van der Waals surface area contributed by atoms with Crippen molar-refractivity contribution < 1.29 is 14.3 Å². The van der Waals surface area contributed by atoms with Crippen molar-refractivity contribution in [3.63, 3.8) is 0 Å². The van der Waals surface area contributed by atoms with Crippen molar-refractivity contribution in [1.82, 2.24) is 10.2 Å². The summed E-state index contributed by atoms with van der Waals surface area (Å²) in [6, 6.07) is 0.